The maximum Gasteiger partial charge on any atom is 0.413 e. The predicted octanol–water partition coefficient (Wildman–Crippen LogP) is 2.29. The number of aliphatic hydroxyl groups excluding tert-OH is 2. The summed E-state index contributed by atoms with van der Waals surface area (Å²) in [4.78, 5) is 82.1. The molecular formula is C37H51N5O12. The van der Waals surface area contributed by atoms with E-state index in [1.165, 1.54) is 25.1 Å². The molecule has 17 heteroatoms. The summed E-state index contributed by atoms with van der Waals surface area (Å²) in [5.41, 5.74) is 1.79. The molecule has 0 radical (unpaired) electrons. The lowest BCUT2D eigenvalue weighted by atomic mass is 9.57. The molecule has 1 aromatic carbocycles. The number of phenolic OH excluding ortho intramolecular Hbond substituents is 1. The molecule has 3 aliphatic carbocycles. The van der Waals surface area contributed by atoms with E-state index in [1.54, 1.807) is 25.9 Å². The number of aromatic hydroxyl groups is 1. The van der Waals surface area contributed by atoms with Gasteiger partial charge >= 0.3 is 12.1 Å². The molecule has 1 aromatic rings. The van der Waals surface area contributed by atoms with Gasteiger partial charge in [0, 0.05) is 44.2 Å². The molecule has 4 rings (SSSR count). The van der Waals surface area contributed by atoms with Crippen molar-refractivity contribution in [3.8, 4) is 5.75 Å². The van der Waals surface area contributed by atoms with E-state index >= 15 is 0 Å². The molecule has 0 heterocycles. The number of likely N-dealkylation sites (N-methyl/N-ethyl adjacent to an activating group) is 1. The molecule has 0 unspecified atom stereocenters. The Morgan fingerprint density at radius 3 is 2.28 bits per heavy atom. The number of fused-ring (bicyclic) bond motifs is 3. The van der Waals surface area contributed by atoms with E-state index in [1.807, 2.05) is 6.92 Å². The van der Waals surface area contributed by atoms with Gasteiger partial charge in [-0.1, -0.05) is 33.1 Å². The molecule has 54 heavy (non-hydrogen) atoms. The minimum atomic E-state index is -2.80. The summed E-state index contributed by atoms with van der Waals surface area (Å²) in [5.74, 6) is -9.19. The van der Waals surface area contributed by atoms with E-state index in [9.17, 15) is 49.2 Å². The van der Waals surface area contributed by atoms with Crippen molar-refractivity contribution in [2.75, 3.05) is 58.3 Å². The van der Waals surface area contributed by atoms with Crippen molar-refractivity contribution in [3.63, 3.8) is 0 Å². The minimum Gasteiger partial charge on any atom is -0.508 e. The first-order valence-corrected chi connectivity index (χ1v) is 18.0. The molecule has 0 saturated heterocycles. The molecule has 0 aliphatic heterocycles. The number of benzene rings is 1. The highest BCUT2D eigenvalue weighted by Gasteiger charge is 2.64. The van der Waals surface area contributed by atoms with E-state index in [2.05, 4.69) is 5.32 Å². The number of esters is 1. The monoisotopic (exact) mass is 757 g/mol. The highest BCUT2D eigenvalue weighted by molar-refractivity contribution is 6.24. The molecule has 7 N–H and O–H groups in total. The summed E-state index contributed by atoms with van der Waals surface area (Å²) in [6, 6.07) is 0.246. The van der Waals surface area contributed by atoms with Crippen molar-refractivity contribution < 1.29 is 58.7 Å². The van der Waals surface area contributed by atoms with Crippen LogP contribution in [0.2, 0.25) is 0 Å². The van der Waals surface area contributed by atoms with Gasteiger partial charge in [0.25, 0.3) is 5.91 Å². The molecule has 0 spiro atoms. The minimum absolute atomic E-state index is 0.0449. The molecule has 4 atom stereocenters. The molecule has 0 aromatic heterocycles. The number of phenols is 1. The summed E-state index contributed by atoms with van der Waals surface area (Å²) < 4.78 is 10.1. The Morgan fingerprint density at radius 1 is 1.00 bits per heavy atom. The van der Waals surface area contributed by atoms with Crippen LogP contribution in [0.5, 0.6) is 5.75 Å². The molecule has 296 valence electrons. The van der Waals surface area contributed by atoms with Gasteiger partial charge in [0.1, 0.15) is 29.4 Å². The number of hydrogen-bond donors (Lipinski definition) is 6. The number of ether oxygens (including phenoxy) is 2. The number of primary amides is 1. The number of hydrogen-bond acceptors (Lipinski definition) is 14. The lowest BCUT2D eigenvalue weighted by molar-refractivity contribution is -0.154. The topological polar surface area (TPSA) is 250 Å². The Morgan fingerprint density at radius 2 is 1.69 bits per heavy atom. The number of carbonyl (C=O) groups is 6. The molecule has 1 fully saturated rings. The van der Waals surface area contributed by atoms with Crippen LogP contribution in [0.3, 0.4) is 0 Å². The number of nitrogens with two attached hydrogens (primary N) is 1. The second kappa shape index (κ2) is 16.9. The smallest absolute Gasteiger partial charge is 0.413 e. The van der Waals surface area contributed by atoms with E-state index < -0.39 is 95.1 Å². The van der Waals surface area contributed by atoms with Gasteiger partial charge in [-0.2, -0.15) is 0 Å². The van der Waals surface area contributed by atoms with Crippen molar-refractivity contribution >= 4 is 52.6 Å². The maximum absolute atomic E-state index is 14.2. The summed E-state index contributed by atoms with van der Waals surface area (Å²) in [6.45, 7) is 2.78. The lowest BCUT2D eigenvalue weighted by Crippen LogP contribution is -2.65. The molecule has 0 bridgehead atoms. The van der Waals surface area contributed by atoms with Gasteiger partial charge in [0.15, 0.2) is 11.4 Å². The maximum atomic E-state index is 14.2. The van der Waals surface area contributed by atoms with E-state index in [0.29, 0.717) is 24.1 Å². The zero-order valence-corrected chi connectivity index (χ0v) is 31.6. The van der Waals surface area contributed by atoms with E-state index in [-0.39, 0.29) is 42.6 Å². The Bertz CT molecular complexity index is 1770. The van der Waals surface area contributed by atoms with Crippen LogP contribution >= 0.6 is 0 Å². The first-order chi connectivity index (χ1) is 25.4. The lowest BCUT2D eigenvalue weighted by Gasteiger charge is -2.50. The number of carbonyl (C=O) groups excluding carboxylic acids is 6. The third kappa shape index (κ3) is 7.87. The summed E-state index contributed by atoms with van der Waals surface area (Å²) in [6.07, 6.45) is 3.22. The predicted molar refractivity (Wildman–Crippen MR) is 195 cm³/mol. The van der Waals surface area contributed by atoms with E-state index in [0.717, 1.165) is 24.2 Å². The van der Waals surface area contributed by atoms with Crippen molar-refractivity contribution in [1.82, 2.24) is 9.80 Å². The van der Waals surface area contributed by atoms with Crippen LogP contribution in [0.1, 0.15) is 69.9 Å². The first-order valence-electron chi connectivity index (χ1n) is 18.0. The Hall–Kier alpha value is -5.16. The van der Waals surface area contributed by atoms with Crippen LogP contribution in [0.15, 0.2) is 23.0 Å². The number of amides is 3. The van der Waals surface area contributed by atoms with Crippen LogP contribution in [-0.4, -0.2) is 125 Å². The normalized spacial score (nSPS) is 22.0. The van der Waals surface area contributed by atoms with Gasteiger partial charge < -0.3 is 45.9 Å². The third-order valence-corrected chi connectivity index (χ3v) is 10.2. The van der Waals surface area contributed by atoms with Crippen molar-refractivity contribution in [3.05, 3.63) is 34.1 Å². The van der Waals surface area contributed by atoms with Crippen LogP contribution in [0.4, 0.5) is 16.2 Å². The molecule has 3 aliphatic rings. The fraction of sp³-hybridized carbons (Fsp3) is 0.568. The van der Waals surface area contributed by atoms with E-state index in [4.69, 9.17) is 15.2 Å². The number of ketones is 2. The van der Waals surface area contributed by atoms with Crippen molar-refractivity contribution in [2.24, 2.45) is 17.6 Å². The average Bonchev–Trinajstić information content (AvgIpc) is 3.08. The second-order valence-corrected chi connectivity index (χ2v) is 14.3. The Balaban J connectivity index is 1.63. The molecular weight excluding hydrogens is 706 g/mol. The first kappa shape index (κ1) is 41.6. The number of Topliss-reactive ketones (excluding diaryl/α,β-unsaturated/α-hetero) is 2. The second-order valence-electron chi connectivity index (χ2n) is 14.3. The number of rotatable bonds is 15. The van der Waals surface area contributed by atoms with Gasteiger partial charge in [-0.05, 0) is 57.3 Å². The van der Waals surface area contributed by atoms with Gasteiger partial charge in [0.2, 0.25) is 18.5 Å². The molecule has 1 saturated carbocycles. The zero-order valence-electron chi connectivity index (χ0n) is 31.6. The highest BCUT2D eigenvalue weighted by atomic mass is 16.7. The Labute approximate surface area is 313 Å². The zero-order chi connectivity index (χ0) is 40.2. The Kier molecular flexibility index (Phi) is 13.0. The highest BCUT2D eigenvalue weighted by Crippen LogP contribution is 2.54. The SMILES string of the molecule is CCCCCCC(=O)OCOC(=O)N(CCC)CC(=O)Nc1cc(N(C)C)c2c(c1O)C(O)=C1C(=O)[C@]3(O)C(O)=C(C(N)=O)C(=O)[C@@H](N(C)C)[C@@H]3C[C@@H]1C2. The van der Waals surface area contributed by atoms with Gasteiger partial charge in [0.05, 0.1) is 17.3 Å². The number of nitrogens with one attached hydrogen (secondary N) is 1. The van der Waals surface area contributed by atoms with Crippen LogP contribution in [0.25, 0.3) is 5.76 Å². The summed E-state index contributed by atoms with van der Waals surface area (Å²) >= 11 is 0. The van der Waals surface area contributed by atoms with Crippen molar-refractivity contribution in [2.45, 2.75) is 76.9 Å². The average molecular weight is 758 g/mol. The van der Waals surface area contributed by atoms with Gasteiger partial charge in [-0.25, -0.2) is 4.79 Å². The largest absolute Gasteiger partial charge is 0.508 e. The fourth-order valence-electron chi connectivity index (χ4n) is 7.66. The van der Waals surface area contributed by atoms with Crippen LogP contribution < -0.4 is 16.0 Å². The summed E-state index contributed by atoms with van der Waals surface area (Å²) in [7, 11) is 6.41. The quantitative estimate of drug-likeness (QED) is 0.0494. The molecule has 17 nitrogen and oxygen atoms in total. The summed E-state index contributed by atoms with van der Waals surface area (Å²) in [5, 5.41) is 48.8. The van der Waals surface area contributed by atoms with Gasteiger partial charge in [-0.3, -0.25) is 33.8 Å². The van der Waals surface area contributed by atoms with Crippen LogP contribution in [0, 0.1) is 11.8 Å². The van der Waals surface area contributed by atoms with Crippen molar-refractivity contribution in [1.29, 1.82) is 0 Å². The third-order valence-electron chi connectivity index (χ3n) is 10.2. The standard InChI is InChI=1S/C37H51N5O12/c1-7-9-10-11-12-25(44)53-18-54-36(51)42(13-8-2)17-24(43)39-22-16-23(40(3)4)20-14-19-15-21-29(41(5)6)32(47)28(35(38)50)34(49)37(21,52)33(48)26(19)31(46)27(20)30(22)45/h16,19,21,29,45-46,49,52H,7-15,17-18H2,1-6H3,(H2,38,50)(H,39,43)/t19-,21-,29-,37-/m0/s1. The number of anilines is 2. The number of aliphatic hydroxyl groups is 3. The number of unbranched alkanes of at least 4 members (excludes halogenated alkanes) is 3. The van der Waals surface area contributed by atoms with Gasteiger partial charge in [-0.15, -0.1) is 0 Å². The van der Waals surface area contributed by atoms with Crippen LogP contribution in [-0.2, 0) is 39.9 Å². The molecule has 3 amide bonds. The number of nitrogens with zero attached hydrogens (tertiary/aromatic N) is 3. The fourth-order valence-corrected chi connectivity index (χ4v) is 7.66.